The highest BCUT2D eigenvalue weighted by Gasteiger charge is 2.87. The van der Waals surface area contributed by atoms with Crippen molar-refractivity contribution in [2.45, 2.75) is 149 Å². The number of carbonyl (C=O) groups excluding carboxylic acids is 7. The fraction of sp³-hybridized carbons (Fsp3) is 0.729. The summed E-state index contributed by atoms with van der Waals surface area (Å²) in [4.78, 5) is 60.9. The molecular weight excluding hydrogens is 837 g/mol. The van der Waals surface area contributed by atoms with Crippen LogP contribution in [0.5, 0.6) is 17.6 Å². The lowest BCUT2D eigenvalue weighted by Crippen LogP contribution is -2.27. The van der Waals surface area contributed by atoms with Gasteiger partial charge in [0.15, 0.2) is 0 Å². The zero-order valence-corrected chi connectivity index (χ0v) is 38.5. The number of hydrogen-bond acceptors (Lipinski definition) is 14. The van der Waals surface area contributed by atoms with Crippen LogP contribution >= 0.6 is 0 Å². The first-order chi connectivity index (χ1) is 31.3. The van der Waals surface area contributed by atoms with Gasteiger partial charge < -0.3 is 18.9 Å². The average molecular weight is 901 g/mol. The van der Waals surface area contributed by atoms with Gasteiger partial charge in [0, 0.05) is 23.4 Å². The smallest absolute Gasteiger partial charge is 0.435 e. The van der Waals surface area contributed by atoms with E-state index in [1.165, 1.54) is 100 Å². The lowest BCUT2D eigenvalue weighted by atomic mass is 10.2. The normalized spacial score (nSPS) is 22.2. The van der Waals surface area contributed by atoms with Gasteiger partial charge in [0.1, 0.15) is 5.60 Å². The van der Waals surface area contributed by atoms with Crippen LogP contribution in [-0.2, 0) is 46.3 Å². The van der Waals surface area contributed by atoms with E-state index in [9.17, 15) is 4.79 Å². The van der Waals surface area contributed by atoms with Crippen molar-refractivity contribution in [1.29, 1.82) is 0 Å². The predicted molar refractivity (Wildman–Crippen MR) is 226 cm³/mol. The highest BCUT2D eigenvalue weighted by atomic mass is 16.6. The van der Waals surface area contributed by atoms with Crippen LogP contribution in [0.1, 0.15) is 142 Å². The second-order valence-electron chi connectivity index (χ2n) is 20.5. The summed E-state index contributed by atoms with van der Waals surface area (Å²) in [6.07, 6.45) is 28.8. The first kappa shape index (κ1) is 47.6. The number of aromatic amines is 2. The Morgan fingerprint density at radius 1 is 0.646 bits per heavy atom. The van der Waals surface area contributed by atoms with E-state index in [0.29, 0.717) is 12.5 Å². The number of aromatic nitrogens is 6. The molecule has 9 aliphatic carbocycles. The second-order valence-corrected chi connectivity index (χ2v) is 20.5. The van der Waals surface area contributed by atoms with E-state index in [4.69, 9.17) is 47.7 Å². The van der Waals surface area contributed by atoms with E-state index in [0.717, 1.165) is 100 Å². The molecule has 65 heavy (non-hydrogen) atoms. The van der Waals surface area contributed by atoms with Crippen molar-refractivity contribution in [2.24, 2.45) is 50.2 Å². The fourth-order valence-corrected chi connectivity index (χ4v) is 13.1. The highest BCUT2D eigenvalue weighted by molar-refractivity contribution is 5.70. The molecule has 0 aliphatic heterocycles. The topological polar surface area (TPSA) is 232 Å². The van der Waals surface area contributed by atoms with Crippen LogP contribution in [0.4, 0.5) is 4.79 Å². The molecule has 6 spiro atoms. The number of nitrogens with zero attached hydrogens (tertiary/aromatic N) is 4. The average Bonchev–Trinajstić information content (AvgIpc) is 4.07. The van der Waals surface area contributed by atoms with Gasteiger partial charge in [0.05, 0.1) is 32.2 Å². The van der Waals surface area contributed by atoms with Gasteiger partial charge in [-0.2, -0.15) is 43.6 Å². The second kappa shape index (κ2) is 18.5. The van der Waals surface area contributed by atoms with Crippen molar-refractivity contribution in [3.8, 4) is 17.6 Å². The van der Waals surface area contributed by atoms with E-state index in [-0.39, 0.29) is 18.5 Å². The van der Waals surface area contributed by atoms with Gasteiger partial charge in [-0.3, -0.25) is 0 Å². The SMILES string of the molecule is CCc1cn(C(=O)OC(C)(C)C)nc1OCCC1C2(CC2)C12CC2.CCc1cn[nH]c1OCCC1C2(CC2)C12CC2.O=C=O.O=C=O.O=C=O.c1cc(OCCC2C3(CC3)C23CC3)[nH]n1. The third-order valence-electron chi connectivity index (χ3n) is 16.7. The van der Waals surface area contributed by atoms with E-state index in [2.05, 4.69) is 32.4 Å². The van der Waals surface area contributed by atoms with Crippen LogP contribution in [0.2, 0.25) is 0 Å². The van der Waals surface area contributed by atoms with E-state index < -0.39 is 11.7 Å². The Kier molecular flexibility index (Phi) is 13.5. The van der Waals surface area contributed by atoms with Gasteiger partial charge >= 0.3 is 24.5 Å². The minimum Gasteiger partial charge on any atom is -0.478 e. The maximum atomic E-state index is 12.1. The van der Waals surface area contributed by atoms with Crippen molar-refractivity contribution < 1.29 is 52.5 Å². The summed E-state index contributed by atoms with van der Waals surface area (Å²) in [5, 5.41) is 18.0. The van der Waals surface area contributed by atoms with Gasteiger partial charge in [-0.15, -0.1) is 5.10 Å². The molecular formula is C48H64N6O11. The Morgan fingerprint density at radius 3 is 1.43 bits per heavy atom. The molecule has 3 aromatic heterocycles. The Morgan fingerprint density at radius 2 is 1.06 bits per heavy atom. The third kappa shape index (κ3) is 9.38. The Bertz CT molecular complexity index is 2130. The number of H-pyrrole nitrogens is 2. The zero-order chi connectivity index (χ0) is 46.7. The summed E-state index contributed by atoms with van der Waals surface area (Å²) in [5.41, 5.74) is 6.35. The number of aryl methyl sites for hydroxylation is 2. The maximum Gasteiger partial charge on any atom is 0.435 e. The fourth-order valence-electron chi connectivity index (χ4n) is 13.1. The number of nitrogens with one attached hydrogen (secondary N) is 2. The number of rotatable bonds is 14. The van der Waals surface area contributed by atoms with Crippen LogP contribution in [0.25, 0.3) is 0 Å². The molecule has 12 rings (SSSR count). The van der Waals surface area contributed by atoms with Gasteiger partial charge in [-0.1, -0.05) is 13.8 Å². The van der Waals surface area contributed by atoms with Crippen LogP contribution in [0, 0.1) is 50.2 Å². The monoisotopic (exact) mass is 900 g/mol. The minimum absolute atomic E-state index is 0.250. The summed E-state index contributed by atoms with van der Waals surface area (Å²) < 4.78 is 24.0. The first-order valence-corrected chi connectivity index (χ1v) is 23.5. The van der Waals surface area contributed by atoms with Crippen molar-refractivity contribution in [3.63, 3.8) is 0 Å². The molecule has 0 bridgehead atoms. The summed E-state index contributed by atoms with van der Waals surface area (Å²) in [6.45, 7) is 12.2. The quantitative estimate of drug-likeness (QED) is 0.158. The Hall–Kier alpha value is -5.36. The zero-order valence-electron chi connectivity index (χ0n) is 38.5. The molecule has 3 heterocycles. The molecule has 0 saturated heterocycles. The minimum atomic E-state index is -0.528. The Labute approximate surface area is 379 Å². The number of ether oxygens (including phenoxy) is 4. The third-order valence-corrected chi connectivity index (χ3v) is 16.7. The summed E-state index contributed by atoms with van der Waals surface area (Å²) in [7, 11) is 0. The van der Waals surface area contributed by atoms with E-state index in [1.54, 1.807) is 12.4 Å². The number of fused-ring (bicyclic) bond motifs is 3. The molecule has 0 aromatic carbocycles. The molecule has 0 atom stereocenters. The molecule has 0 radical (unpaired) electrons. The number of carbonyl (C=O) groups is 1. The van der Waals surface area contributed by atoms with Crippen molar-refractivity contribution in [3.05, 3.63) is 35.8 Å². The van der Waals surface area contributed by atoms with Crippen molar-refractivity contribution >= 4 is 24.5 Å². The van der Waals surface area contributed by atoms with E-state index >= 15 is 0 Å². The number of hydrogen-bond donors (Lipinski definition) is 2. The summed E-state index contributed by atoms with van der Waals surface area (Å²) >= 11 is 0. The van der Waals surface area contributed by atoms with Crippen LogP contribution < -0.4 is 14.2 Å². The molecule has 9 saturated carbocycles. The first-order valence-electron chi connectivity index (χ1n) is 23.5. The molecule has 2 N–H and O–H groups in total. The molecule has 9 aliphatic rings. The van der Waals surface area contributed by atoms with Crippen LogP contribution in [0.3, 0.4) is 0 Å². The standard InChI is InChI=1S/C19H28N2O3.C14H20N2O.C12H16N2O.3CO2/c1-5-13-12-21(16(22)24-17(2,3)4)20-15(13)23-11-6-14-18(7-8-18)19(14)9-10-19;1-2-10-9-15-16-12(10)17-8-3-11-13(4-5-13)14(11)6-7-14;1-7-13-14-10(1)15-8-2-9-11(3-4-11)12(9)5-6-12;3*2-1-3/h12,14H,5-11H2,1-4H3;9,11H,2-8H2,1H3,(H,15,16);1,7,9H,2-6,8H2,(H,13,14);;;. The van der Waals surface area contributed by atoms with Crippen LogP contribution in [0.15, 0.2) is 24.7 Å². The molecule has 0 amide bonds. The van der Waals surface area contributed by atoms with Crippen LogP contribution in [-0.4, -0.2) is 80.1 Å². The van der Waals surface area contributed by atoms with Crippen molar-refractivity contribution in [1.82, 2.24) is 30.2 Å². The van der Waals surface area contributed by atoms with Crippen molar-refractivity contribution in [2.75, 3.05) is 19.8 Å². The molecule has 352 valence electrons. The van der Waals surface area contributed by atoms with Gasteiger partial charge in [-0.05, 0) is 180 Å². The highest BCUT2D eigenvalue weighted by Crippen LogP contribution is 2.94. The van der Waals surface area contributed by atoms with Gasteiger partial charge in [-0.25, -0.2) is 15.0 Å². The maximum absolute atomic E-state index is 12.1. The van der Waals surface area contributed by atoms with E-state index in [1.807, 2.05) is 40.0 Å². The predicted octanol–water partition coefficient (Wildman–Crippen LogP) is 7.74. The molecule has 3 aromatic rings. The summed E-state index contributed by atoms with van der Waals surface area (Å²) in [5.74, 6) is 5.14. The largest absolute Gasteiger partial charge is 0.478 e. The molecule has 0 unspecified atom stereocenters. The van der Waals surface area contributed by atoms with Gasteiger partial charge in [0.2, 0.25) is 17.6 Å². The summed E-state index contributed by atoms with van der Waals surface area (Å²) in [6, 6.07) is 1.88. The molecule has 17 nitrogen and oxygen atoms in total. The molecule has 17 heteroatoms. The Balaban J connectivity index is 0.000000136. The lowest BCUT2D eigenvalue weighted by molar-refractivity contribution is -0.193. The molecule has 9 fully saturated rings. The lowest BCUT2D eigenvalue weighted by Gasteiger charge is -2.18. The van der Waals surface area contributed by atoms with Gasteiger partial charge in [0.25, 0.3) is 0 Å².